The summed E-state index contributed by atoms with van der Waals surface area (Å²) in [7, 11) is 0. The maximum atomic E-state index is 12.6. The van der Waals surface area contributed by atoms with E-state index in [4.69, 9.17) is 4.74 Å². The van der Waals surface area contributed by atoms with Gasteiger partial charge in [-0.25, -0.2) is 0 Å². The minimum Gasteiger partial charge on any atom is -0.466 e. The van der Waals surface area contributed by atoms with Gasteiger partial charge in [0.05, 0.1) is 25.4 Å². The summed E-state index contributed by atoms with van der Waals surface area (Å²) in [5.74, 6) is -0.0103. The fourth-order valence-corrected chi connectivity index (χ4v) is 13.0. The van der Waals surface area contributed by atoms with E-state index in [9.17, 15) is 19.8 Å². The van der Waals surface area contributed by atoms with Crippen molar-refractivity contribution in [2.45, 2.75) is 475 Å². The van der Waals surface area contributed by atoms with Gasteiger partial charge in [0.25, 0.3) is 0 Å². The number of aliphatic hydroxyl groups excluding tert-OH is 2. The zero-order chi connectivity index (χ0) is 62.0. The second-order valence-corrected chi connectivity index (χ2v) is 27.8. The van der Waals surface area contributed by atoms with Crippen LogP contribution in [0.15, 0.2) is 12.2 Å². The van der Waals surface area contributed by atoms with Gasteiger partial charge in [0, 0.05) is 12.8 Å². The predicted octanol–water partition coefficient (Wildman–Crippen LogP) is 26.3. The lowest BCUT2D eigenvalue weighted by Gasteiger charge is -2.22. The fraction of sp³-hybridized carbons (Fsp3) is 0.950. The molecule has 6 nitrogen and oxygen atoms in total. The van der Waals surface area contributed by atoms with Crippen molar-refractivity contribution < 1.29 is 24.5 Å². The van der Waals surface area contributed by atoms with Crippen LogP contribution in [0, 0.1) is 0 Å². The van der Waals surface area contributed by atoms with E-state index in [1.807, 2.05) is 0 Å². The zero-order valence-corrected chi connectivity index (χ0v) is 58.8. The molecule has 0 aromatic carbocycles. The number of rotatable bonds is 76. The van der Waals surface area contributed by atoms with Gasteiger partial charge in [-0.2, -0.15) is 0 Å². The maximum Gasteiger partial charge on any atom is 0.305 e. The van der Waals surface area contributed by atoms with E-state index in [0.717, 1.165) is 38.5 Å². The molecular weight excluding hydrogens is 1050 g/mol. The van der Waals surface area contributed by atoms with E-state index in [1.54, 1.807) is 0 Å². The lowest BCUT2D eigenvalue weighted by atomic mass is 10.0. The summed E-state index contributed by atoms with van der Waals surface area (Å²) >= 11 is 0. The topological polar surface area (TPSA) is 95.9 Å². The Kier molecular flexibility index (Phi) is 74.8. The monoisotopic (exact) mass is 1210 g/mol. The molecular formula is C80H157NO5. The molecule has 0 saturated heterocycles. The predicted molar refractivity (Wildman–Crippen MR) is 380 cm³/mol. The Morgan fingerprint density at radius 1 is 0.314 bits per heavy atom. The number of ether oxygens (including phenoxy) is 1. The second-order valence-electron chi connectivity index (χ2n) is 27.8. The van der Waals surface area contributed by atoms with Crippen LogP contribution in [0.5, 0.6) is 0 Å². The number of unbranched alkanes of at least 4 members (excludes halogenated alkanes) is 63. The molecule has 0 aromatic heterocycles. The number of nitrogens with one attached hydrogen (secondary N) is 1. The number of allylic oxidation sites excluding steroid dienone is 2. The van der Waals surface area contributed by atoms with Crippen molar-refractivity contribution in [2.75, 3.05) is 13.2 Å². The minimum atomic E-state index is -0.667. The highest BCUT2D eigenvalue weighted by molar-refractivity contribution is 5.76. The molecule has 0 aromatic rings. The van der Waals surface area contributed by atoms with Gasteiger partial charge in [-0.1, -0.05) is 411 Å². The standard InChI is InChI=1S/C80H157NO5/c1-3-5-7-9-11-13-15-17-19-21-23-24-25-28-31-34-37-40-44-48-52-56-60-64-68-72-78(83)77(76-82)81-79(84)73-69-65-61-57-53-49-45-41-38-35-32-29-26-27-30-33-36-39-43-47-51-55-59-63-67-71-75-86-80(85)74-70-66-62-58-54-50-46-42-22-20-18-16-14-12-10-8-6-4-2/h26,29,77-78,82-83H,3-25,27-28,30-76H2,1-2H3,(H,81,84)/b29-26-. The Balaban J connectivity index is 3.37. The second kappa shape index (κ2) is 76.1. The summed E-state index contributed by atoms with van der Waals surface area (Å²) in [6.45, 7) is 5.01. The maximum absolute atomic E-state index is 12.6. The van der Waals surface area contributed by atoms with Crippen molar-refractivity contribution in [2.24, 2.45) is 0 Å². The quantitative estimate of drug-likeness (QED) is 0.0320. The smallest absolute Gasteiger partial charge is 0.305 e. The summed E-state index contributed by atoms with van der Waals surface area (Å²) in [6, 6.07) is -0.544. The highest BCUT2D eigenvalue weighted by atomic mass is 16.5. The van der Waals surface area contributed by atoms with Crippen LogP contribution >= 0.6 is 0 Å². The Hall–Kier alpha value is -1.40. The Bertz CT molecular complexity index is 1300. The number of carbonyl (C=O) groups is 2. The highest BCUT2D eigenvalue weighted by Crippen LogP contribution is 2.20. The Morgan fingerprint density at radius 2 is 0.547 bits per heavy atom. The van der Waals surface area contributed by atoms with Gasteiger partial charge >= 0.3 is 5.97 Å². The molecule has 0 aliphatic carbocycles. The van der Waals surface area contributed by atoms with Crippen LogP contribution in [0.1, 0.15) is 463 Å². The summed E-state index contributed by atoms with van der Waals surface area (Å²) in [6.07, 6.45) is 95.8. The SMILES string of the molecule is CCCCCCCCCCCCCCCCCCCCCCCCCCCC(O)C(CO)NC(=O)CCCCCCCCCCCC/C=C\CCCCCCCCCCCCCCOC(=O)CCCCCCCCCCCCCCCCCCCC. The number of hydrogen-bond donors (Lipinski definition) is 3. The van der Waals surface area contributed by atoms with Crippen molar-refractivity contribution in [3.05, 3.63) is 12.2 Å². The first-order valence-electron chi connectivity index (χ1n) is 39.9. The number of amides is 1. The first-order valence-corrected chi connectivity index (χ1v) is 39.9. The van der Waals surface area contributed by atoms with Crippen LogP contribution in [0.25, 0.3) is 0 Å². The average Bonchev–Trinajstić information content (AvgIpc) is 3.54. The van der Waals surface area contributed by atoms with Crippen LogP contribution in [0.2, 0.25) is 0 Å². The molecule has 512 valence electrons. The van der Waals surface area contributed by atoms with Crippen molar-refractivity contribution >= 4 is 11.9 Å². The van der Waals surface area contributed by atoms with E-state index < -0.39 is 12.1 Å². The molecule has 2 unspecified atom stereocenters. The lowest BCUT2D eigenvalue weighted by Crippen LogP contribution is -2.45. The molecule has 0 spiro atoms. The van der Waals surface area contributed by atoms with Gasteiger partial charge in [0.1, 0.15) is 0 Å². The first-order chi connectivity index (χ1) is 42.5. The van der Waals surface area contributed by atoms with E-state index in [0.29, 0.717) is 25.9 Å². The first kappa shape index (κ1) is 84.6. The molecule has 0 bridgehead atoms. The molecule has 3 N–H and O–H groups in total. The molecule has 1 amide bonds. The van der Waals surface area contributed by atoms with E-state index in [2.05, 4.69) is 31.3 Å². The van der Waals surface area contributed by atoms with Crippen LogP contribution in [-0.2, 0) is 14.3 Å². The molecule has 0 aliphatic heterocycles. The Labute approximate surface area is 539 Å². The summed E-state index contributed by atoms with van der Waals surface area (Å²) in [5, 5.41) is 23.5. The number of hydrogen-bond acceptors (Lipinski definition) is 5. The van der Waals surface area contributed by atoms with Crippen molar-refractivity contribution in [1.29, 1.82) is 0 Å². The molecule has 0 saturated carbocycles. The molecule has 2 atom stereocenters. The molecule has 0 aliphatic rings. The van der Waals surface area contributed by atoms with E-state index in [-0.39, 0.29) is 18.5 Å². The number of esters is 1. The van der Waals surface area contributed by atoms with Gasteiger partial charge in [-0.05, 0) is 51.4 Å². The van der Waals surface area contributed by atoms with Crippen LogP contribution < -0.4 is 5.32 Å². The highest BCUT2D eigenvalue weighted by Gasteiger charge is 2.20. The summed E-state index contributed by atoms with van der Waals surface area (Å²) in [4.78, 5) is 24.7. The minimum absolute atomic E-state index is 0.0203. The third-order valence-corrected chi connectivity index (χ3v) is 19.1. The molecule has 0 heterocycles. The average molecular weight is 1210 g/mol. The van der Waals surface area contributed by atoms with Crippen LogP contribution in [0.4, 0.5) is 0 Å². The zero-order valence-electron chi connectivity index (χ0n) is 58.8. The number of carbonyl (C=O) groups excluding carboxylic acids is 2. The third kappa shape index (κ3) is 71.7. The van der Waals surface area contributed by atoms with Crippen LogP contribution in [-0.4, -0.2) is 47.4 Å². The van der Waals surface area contributed by atoms with Gasteiger partial charge in [-0.3, -0.25) is 9.59 Å². The van der Waals surface area contributed by atoms with Gasteiger partial charge in [0.2, 0.25) is 5.91 Å². The molecule has 86 heavy (non-hydrogen) atoms. The third-order valence-electron chi connectivity index (χ3n) is 19.1. The fourth-order valence-electron chi connectivity index (χ4n) is 13.0. The molecule has 0 radical (unpaired) electrons. The van der Waals surface area contributed by atoms with Gasteiger partial charge in [-0.15, -0.1) is 0 Å². The lowest BCUT2D eigenvalue weighted by molar-refractivity contribution is -0.143. The van der Waals surface area contributed by atoms with E-state index >= 15 is 0 Å². The van der Waals surface area contributed by atoms with Crippen molar-refractivity contribution in [3.8, 4) is 0 Å². The van der Waals surface area contributed by atoms with Gasteiger partial charge < -0.3 is 20.3 Å². The molecule has 0 fully saturated rings. The molecule has 6 heteroatoms. The largest absolute Gasteiger partial charge is 0.466 e. The summed E-state index contributed by atoms with van der Waals surface area (Å²) < 4.78 is 5.52. The Morgan fingerprint density at radius 3 is 0.826 bits per heavy atom. The van der Waals surface area contributed by atoms with Crippen molar-refractivity contribution in [1.82, 2.24) is 5.32 Å². The summed E-state index contributed by atoms with van der Waals surface area (Å²) in [5.41, 5.74) is 0. The molecule has 0 rings (SSSR count). The van der Waals surface area contributed by atoms with Crippen molar-refractivity contribution in [3.63, 3.8) is 0 Å². The normalized spacial score (nSPS) is 12.5. The van der Waals surface area contributed by atoms with Crippen LogP contribution in [0.3, 0.4) is 0 Å². The van der Waals surface area contributed by atoms with E-state index in [1.165, 1.54) is 392 Å². The number of aliphatic hydroxyl groups is 2. The van der Waals surface area contributed by atoms with Gasteiger partial charge in [0.15, 0.2) is 0 Å².